The van der Waals surface area contributed by atoms with Gasteiger partial charge in [0.1, 0.15) is 22.1 Å². The number of carbonyl (C=O) groups is 2. The fourth-order valence-corrected chi connectivity index (χ4v) is 5.42. The van der Waals surface area contributed by atoms with E-state index < -0.39 is 5.97 Å². The second-order valence-corrected chi connectivity index (χ2v) is 11.7. The van der Waals surface area contributed by atoms with Gasteiger partial charge in [0, 0.05) is 16.9 Å². The van der Waals surface area contributed by atoms with Crippen LogP contribution in [0, 0.1) is 6.92 Å². The normalized spacial score (nSPS) is 11.2. The number of hydrogen-bond donors (Lipinski definition) is 1. The Labute approximate surface area is 231 Å². The second-order valence-electron chi connectivity index (χ2n) is 9.58. The number of halogens is 1. The highest BCUT2D eigenvalue weighted by atomic mass is 79.9. The summed E-state index contributed by atoms with van der Waals surface area (Å²) in [5.74, 6) is 0.827. The molecule has 8 heteroatoms. The molecule has 0 saturated carbocycles. The van der Waals surface area contributed by atoms with Crippen LogP contribution in [0.1, 0.15) is 61.3 Å². The number of esters is 1. The topological polar surface area (TPSA) is 73.9 Å². The maximum Gasteiger partial charge on any atom is 0.341 e. The number of ether oxygens (including phenoxy) is 3. The quantitative estimate of drug-likeness (QED) is 0.194. The smallest absolute Gasteiger partial charge is 0.341 e. The minimum absolute atomic E-state index is 0.0507. The zero-order chi connectivity index (χ0) is 27.2. The Morgan fingerprint density at radius 1 is 1.05 bits per heavy atom. The van der Waals surface area contributed by atoms with Gasteiger partial charge in [-0.1, -0.05) is 39.0 Å². The third kappa shape index (κ3) is 7.36. The molecule has 2 aromatic carbocycles. The fourth-order valence-electron chi connectivity index (χ4n) is 3.85. The highest BCUT2D eigenvalue weighted by Crippen LogP contribution is 2.41. The number of amides is 1. The second kappa shape index (κ2) is 12.6. The first-order valence-electron chi connectivity index (χ1n) is 12.2. The lowest BCUT2D eigenvalue weighted by molar-refractivity contribution is -0.116. The first kappa shape index (κ1) is 28.7. The van der Waals surface area contributed by atoms with Crippen LogP contribution in [-0.4, -0.2) is 32.2 Å². The van der Waals surface area contributed by atoms with Crippen molar-refractivity contribution in [2.24, 2.45) is 0 Å². The van der Waals surface area contributed by atoms with Crippen molar-refractivity contribution < 1.29 is 23.8 Å². The number of anilines is 1. The monoisotopic (exact) mass is 587 g/mol. The van der Waals surface area contributed by atoms with Crippen LogP contribution in [0.4, 0.5) is 5.00 Å². The molecule has 3 aromatic rings. The third-order valence-corrected chi connectivity index (χ3v) is 7.42. The first-order chi connectivity index (χ1) is 17.5. The van der Waals surface area contributed by atoms with E-state index in [1.165, 1.54) is 24.0 Å². The molecule has 37 heavy (non-hydrogen) atoms. The Kier molecular flexibility index (Phi) is 9.79. The zero-order valence-corrected chi connectivity index (χ0v) is 24.6. The van der Waals surface area contributed by atoms with E-state index in [0.717, 1.165) is 32.0 Å². The predicted octanol–water partition coefficient (Wildman–Crippen LogP) is 7.77. The van der Waals surface area contributed by atoms with Gasteiger partial charge in [0.05, 0.1) is 24.8 Å². The van der Waals surface area contributed by atoms with E-state index in [-0.39, 0.29) is 17.7 Å². The van der Waals surface area contributed by atoms with Gasteiger partial charge in [-0.25, -0.2) is 4.79 Å². The Hall–Kier alpha value is -2.84. The SMILES string of the molecule is CCOc1ccc(-c2c(C)sc(NC(=O)CCCOc3ccc(C(C)(C)C)cc3Br)c2C(=O)OC)cc1. The molecule has 1 N–H and O–H groups in total. The van der Waals surface area contributed by atoms with Crippen LogP contribution in [-0.2, 0) is 14.9 Å². The number of methoxy groups -OCH3 is 1. The molecule has 1 amide bonds. The van der Waals surface area contributed by atoms with Crippen molar-refractivity contribution in [2.45, 2.75) is 52.9 Å². The number of aryl methyl sites for hydroxylation is 1. The molecular formula is C29H34BrNO5S. The van der Waals surface area contributed by atoms with Gasteiger partial charge in [0.2, 0.25) is 5.91 Å². The molecule has 0 saturated heterocycles. The minimum Gasteiger partial charge on any atom is -0.494 e. The average Bonchev–Trinajstić information content (AvgIpc) is 3.17. The summed E-state index contributed by atoms with van der Waals surface area (Å²) in [7, 11) is 1.34. The Balaban J connectivity index is 1.66. The lowest BCUT2D eigenvalue weighted by atomic mass is 9.87. The summed E-state index contributed by atoms with van der Waals surface area (Å²) in [5.41, 5.74) is 3.23. The summed E-state index contributed by atoms with van der Waals surface area (Å²) < 4.78 is 17.4. The Bertz CT molecular complexity index is 1240. The maximum absolute atomic E-state index is 12.7. The van der Waals surface area contributed by atoms with E-state index >= 15 is 0 Å². The van der Waals surface area contributed by atoms with E-state index in [2.05, 4.69) is 54.2 Å². The van der Waals surface area contributed by atoms with E-state index in [0.29, 0.717) is 30.2 Å². The molecule has 0 bridgehead atoms. The van der Waals surface area contributed by atoms with Gasteiger partial charge in [0.15, 0.2) is 0 Å². The average molecular weight is 589 g/mol. The van der Waals surface area contributed by atoms with Crippen molar-refractivity contribution in [1.82, 2.24) is 0 Å². The summed E-state index contributed by atoms with van der Waals surface area (Å²) in [6.45, 7) is 11.3. The largest absolute Gasteiger partial charge is 0.494 e. The molecule has 0 radical (unpaired) electrons. The van der Waals surface area contributed by atoms with Crippen molar-refractivity contribution in [3.8, 4) is 22.6 Å². The summed E-state index contributed by atoms with van der Waals surface area (Å²) in [6, 6.07) is 13.6. The standard InChI is InChI=1S/C29H34BrNO5S/c1-7-35-21-13-10-19(11-14-21)25-18(2)37-27(26(25)28(33)34-6)31-24(32)9-8-16-36-23-15-12-20(17-22(23)30)29(3,4)5/h10-15,17H,7-9,16H2,1-6H3,(H,31,32). The summed E-state index contributed by atoms with van der Waals surface area (Å²) >= 11 is 4.94. The van der Waals surface area contributed by atoms with Crippen molar-refractivity contribution in [2.75, 3.05) is 25.6 Å². The van der Waals surface area contributed by atoms with Gasteiger partial charge >= 0.3 is 5.97 Å². The van der Waals surface area contributed by atoms with Gasteiger partial charge in [-0.15, -0.1) is 11.3 Å². The number of rotatable bonds is 10. The van der Waals surface area contributed by atoms with Crippen LogP contribution in [0.25, 0.3) is 11.1 Å². The van der Waals surface area contributed by atoms with Gasteiger partial charge in [-0.05, 0) is 77.0 Å². The number of hydrogen-bond acceptors (Lipinski definition) is 6. The van der Waals surface area contributed by atoms with Crippen molar-refractivity contribution >= 4 is 44.1 Å². The van der Waals surface area contributed by atoms with Crippen molar-refractivity contribution in [3.63, 3.8) is 0 Å². The van der Waals surface area contributed by atoms with E-state index in [1.54, 1.807) is 0 Å². The van der Waals surface area contributed by atoms with E-state index in [4.69, 9.17) is 14.2 Å². The van der Waals surface area contributed by atoms with Crippen LogP contribution in [0.2, 0.25) is 0 Å². The van der Waals surface area contributed by atoms with E-state index in [9.17, 15) is 9.59 Å². The molecule has 0 atom stereocenters. The third-order valence-electron chi connectivity index (χ3n) is 5.78. The summed E-state index contributed by atoms with van der Waals surface area (Å²) in [6.07, 6.45) is 0.788. The van der Waals surface area contributed by atoms with Crippen LogP contribution < -0.4 is 14.8 Å². The molecule has 1 heterocycles. The lowest BCUT2D eigenvalue weighted by Crippen LogP contribution is -2.15. The Morgan fingerprint density at radius 2 is 1.76 bits per heavy atom. The van der Waals surface area contributed by atoms with Gasteiger partial charge < -0.3 is 19.5 Å². The minimum atomic E-state index is -0.490. The zero-order valence-electron chi connectivity index (χ0n) is 22.2. The first-order valence-corrected chi connectivity index (χ1v) is 13.8. The molecule has 0 fully saturated rings. The number of nitrogens with one attached hydrogen (secondary N) is 1. The molecule has 6 nitrogen and oxygen atoms in total. The lowest BCUT2D eigenvalue weighted by Gasteiger charge is -2.20. The number of carbonyl (C=O) groups excluding carboxylic acids is 2. The number of thiophene rings is 1. The molecule has 0 aliphatic heterocycles. The molecule has 1 aromatic heterocycles. The Morgan fingerprint density at radius 3 is 2.35 bits per heavy atom. The molecule has 0 aliphatic carbocycles. The number of benzene rings is 2. The fraction of sp³-hybridized carbons (Fsp3) is 0.379. The van der Waals surface area contributed by atoms with Gasteiger partial charge in [0.25, 0.3) is 0 Å². The molecule has 0 aliphatic rings. The molecule has 198 valence electrons. The van der Waals surface area contributed by atoms with Crippen LogP contribution >= 0.6 is 27.3 Å². The predicted molar refractivity (Wildman–Crippen MR) is 153 cm³/mol. The summed E-state index contributed by atoms with van der Waals surface area (Å²) in [5, 5.41) is 3.40. The van der Waals surface area contributed by atoms with Gasteiger partial charge in [-0.2, -0.15) is 0 Å². The molecule has 0 unspecified atom stereocenters. The maximum atomic E-state index is 12.7. The molecule has 0 spiro atoms. The molecular weight excluding hydrogens is 554 g/mol. The van der Waals surface area contributed by atoms with E-state index in [1.807, 2.05) is 44.2 Å². The highest BCUT2D eigenvalue weighted by molar-refractivity contribution is 9.10. The van der Waals surface area contributed by atoms with Crippen molar-refractivity contribution in [1.29, 1.82) is 0 Å². The summed E-state index contributed by atoms with van der Waals surface area (Å²) in [4.78, 5) is 26.4. The van der Waals surface area contributed by atoms with Crippen molar-refractivity contribution in [3.05, 3.63) is 62.9 Å². The molecule has 3 rings (SSSR count). The van der Waals surface area contributed by atoms with Crippen LogP contribution in [0.15, 0.2) is 46.9 Å². The highest BCUT2D eigenvalue weighted by Gasteiger charge is 2.25. The van der Waals surface area contributed by atoms with Gasteiger partial charge in [-0.3, -0.25) is 4.79 Å². The van der Waals surface area contributed by atoms with Crippen LogP contribution in [0.5, 0.6) is 11.5 Å². The van der Waals surface area contributed by atoms with Crippen LogP contribution in [0.3, 0.4) is 0 Å².